The maximum atomic E-state index is 13.0. The second-order valence-electron chi connectivity index (χ2n) is 8.62. The van der Waals surface area contributed by atoms with E-state index < -0.39 is 0 Å². The highest BCUT2D eigenvalue weighted by molar-refractivity contribution is 7.09. The molecule has 0 saturated carbocycles. The molecular weight excluding hydrogens is 408 g/mol. The minimum absolute atomic E-state index is 0.0915. The number of carbonyl (C=O) groups is 2. The molecule has 2 aromatic rings. The van der Waals surface area contributed by atoms with Gasteiger partial charge in [0.1, 0.15) is 0 Å². The first-order chi connectivity index (χ1) is 14.9. The lowest BCUT2D eigenvalue weighted by atomic mass is 10.1. The van der Waals surface area contributed by atoms with E-state index in [0.29, 0.717) is 13.1 Å². The molecule has 0 radical (unpaired) electrons. The van der Waals surface area contributed by atoms with E-state index in [1.165, 1.54) is 4.88 Å². The van der Waals surface area contributed by atoms with Crippen molar-refractivity contribution >= 4 is 23.0 Å². The molecule has 170 valence electrons. The Hall–Kier alpha value is -1.96. The van der Waals surface area contributed by atoms with Crippen LogP contribution in [0.2, 0.25) is 0 Å². The van der Waals surface area contributed by atoms with Crippen molar-refractivity contribution in [1.82, 2.24) is 19.7 Å². The molecule has 0 aliphatic carbocycles. The quantitative estimate of drug-likeness (QED) is 0.572. The van der Waals surface area contributed by atoms with Gasteiger partial charge in [0.2, 0.25) is 5.91 Å². The van der Waals surface area contributed by atoms with Gasteiger partial charge >= 0.3 is 0 Å². The molecule has 1 N–H and O–H groups in total. The Morgan fingerprint density at radius 3 is 2.42 bits per heavy atom. The highest BCUT2D eigenvalue weighted by Crippen LogP contribution is 2.19. The number of amides is 1. The number of piperazine rings is 1. The Morgan fingerprint density at radius 2 is 1.81 bits per heavy atom. The molecule has 1 aliphatic heterocycles. The number of carbonyl (C=O) groups excluding carboxylic acids is 2. The monoisotopic (exact) mass is 444 g/mol. The van der Waals surface area contributed by atoms with Crippen molar-refractivity contribution in [3.8, 4) is 0 Å². The van der Waals surface area contributed by atoms with Crippen LogP contribution in [-0.2, 0) is 17.8 Å². The molecule has 2 aromatic heterocycles. The summed E-state index contributed by atoms with van der Waals surface area (Å²) in [7, 11) is 0. The molecule has 0 spiro atoms. The van der Waals surface area contributed by atoms with Crippen LogP contribution in [0.4, 0.5) is 0 Å². The van der Waals surface area contributed by atoms with Crippen molar-refractivity contribution in [2.75, 3.05) is 39.3 Å². The molecule has 0 aromatic carbocycles. The molecule has 3 heterocycles. The van der Waals surface area contributed by atoms with Gasteiger partial charge in [-0.3, -0.25) is 19.4 Å². The second-order valence-corrected chi connectivity index (χ2v) is 9.65. The summed E-state index contributed by atoms with van der Waals surface area (Å²) in [5.74, 6) is 0.285. The first kappa shape index (κ1) is 23.7. The molecule has 1 aliphatic rings. The summed E-state index contributed by atoms with van der Waals surface area (Å²) in [6.07, 6.45) is 1.94. The zero-order chi connectivity index (χ0) is 22.4. The number of thiophene rings is 1. The SMILES string of the molecule is CCC(C)NC(=O)CN1CCN(CC(=O)c2cc(C)n(CCc3cccs3)c2C)CC1. The normalized spacial score (nSPS) is 16.4. The molecule has 6 nitrogen and oxygen atoms in total. The van der Waals surface area contributed by atoms with Crippen LogP contribution in [0.1, 0.15) is 46.9 Å². The highest BCUT2D eigenvalue weighted by atomic mass is 32.1. The first-order valence-corrected chi connectivity index (χ1v) is 12.2. The lowest BCUT2D eigenvalue weighted by Gasteiger charge is -2.34. The molecule has 3 rings (SSSR count). The summed E-state index contributed by atoms with van der Waals surface area (Å²) >= 11 is 1.78. The van der Waals surface area contributed by atoms with Crippen molar-refractivity contribution in [2.45, 2.75) is 53.1 Å². The Morgan fingerprint density at radius 1 is 1.13 bits per heavy atom. The van der Waals surface area contributed by atoms with Crippen LogP contribution in [0.5, 0.6) is 0 Å². The van der Waals surface area contributed by atoms with E-state index >= 15 is 0 Å². The van der Waals surface area contributed by atoms with E-state index in [2.05, 4.69) is 58.0 Å². The van der Waals surface area contributed by atoms with Crippen LogP contribution in [-0.4, -0.2) is 71.4 Å². The van der Waals surface area contributed by atoms with Gasteiger partial charge in [0.05, 0.1) is 13.1 Å². The van der Waals surface area contributed by atoms with Crippen molar-refractivity contribution < 1.29 is 9.59 Å². The van der Waals surface area contributed by atoms with E-state index in [9.17, 15) is 9.59 Å². The summed E-state index contributed by atoms with van der Waals surface area (Å²) in [6, 6.07) is 6.51. The van der Waals surface area contributed by atoms with Gasteiger partial charge in [-0.05, 0) is 51.1 Å². The Kier molecular flexibility index (Phi) is 8.46. The average Bonchev–Trinajstić information content (AvgIpc) is 3.35. The smallest absolute Gasteiger partial charge is 0.234 e. The molecule has 1 fully saturated rings. The van der Waals surface area contributed by atoms with Gasteiger partial charge < -0.3 is 9.88 Å². The van der Waals surface area contributed by atoms with Gasteiger partial charge in [0, 0.05) is 60.6 Å². The largest absolute Gasteiger partial charge is 0.353 e. The van der Waals surface area contributed by atoms with Crippen LogP contribution in [0, 0.1) is 13.8 Å². The predicted octanol–water partition coefficient (Wildman–Crippen LogP) is 3.12. The Bertz CT molecular complexity index is 867. The van der Waals surface area contributed by atoms with Gasteiger partial charge in [-0.1, -0.05) is 13.0 Å². The first-order valence-electron chi connectivity index (χ1n) is 11.3. The van der Waals surface area contributed by atoms with Gasteiger partial charge in [0.15, 0.2) is 5.78 Å². The van der Waals surface area contributed by atoms with Crippen molar-refractivity contribution in [3.05, 3.63) is 45.4 Å². The maximum Gasteiger partial charge on any atom is 0.234 e. The second kappa shape index (κ2) is 11.1. The summed E-state index contributed by atoms with van der Waals surface area (Å²) in [5.41, 5.74) is 3.06. The molecule has 1 saturated heterocycles. The molecule has 1 amide bonds. The molecule has 0 bridgehead atoms. The number of aromatic nitrogens is 1. The summed E-state index contributed by atoms with van der Waals surface area (Å²) in [4.78, 5) is 30.9. The van der Waals surface area contributed by atoms with E-state index in [-0.39, 0.29) is 17.7 Å². The molecule has 7 heteroatoms. The van der Waals surface area contributed by atoms with E-state index in [4.69, 9.17) is 0 Å². The van der Waals surface area contributed by atoms with Gasteiger partial charge in [-0.25, -0.2) is 0 Å². The number of rotatable bonds is 10. The van der Waals surface area contributed by atoms with Gasteiger partial charge in [-0.2, -0.15) is 0 Å². The number of nitrogens with zero attached hydrogens (tertiary/aromatic N) is 3. The highest BCUT2D eigenvalue weighted by Gasteiger charge is 2.23. The lowest BCUT2D eigenvalue weighted by molar-refractivity contribution is -0.123. The minimum atomic E-state index is 0.0915. The van der Waals surface area contributed by atoms with Gasteiger partial charge in [0.25, 0.3) is 0 Å². The third kappa shape index (κ3) is 6.51. The standard InChI is InChI=1S/C24H36N4O2S/c1-5-18(2)25-24(30)17-27-12-10-26(11-13-27)16-23(29)22-15-19(3)28(20(22)4)9-8-21-7-6-14-31-21/h6-7,14-15,18H,5,8-13,16-17H2,1-4H3,(H,25,30). The van der Waals surface area contributed by atoms with E-state index in [1.54, 1.807) is 11.3 Å². The van der Waals surface area contributed by atoms with Crippen LogP contribution < -0.4 is 5.32 Å². The maximum absolute atomic E-state index is 13.0. The van der Waals surface area contributed by atoms with Crippen LogP contribution in [0.15, 0.2) is 23.6 Å². The minimum Gasteiger partial charge on any atom is -0.353 e. The molecule has 31 heavy (non-hydrogen) atoms. The number of aryl methyl sites for hydroxylation is 2. The number of nitrogens with one attached hydrogen (secondary N) is 1. The molecule has 1 atom stereocenters. The average molecular weight is 445 g/mol. The number of hydrogen-bond donors (Lipinski definition) is 1. The van der Waals surface area contributed by atoms with Crippen molar-refractivity contribution in [1.29, 1.82) is 0 Å². The van der Waals surface area contributed by atoms with Crippen LogP contribution in [0.25, 0.3) is 0 Å². The Balaban J connectivity index is 1.48. The fourth-order valence-electron chi connectivity index (χ4n) is 4.12. The van der Waals surface area contributed by atoms with Crippen LogP contribution in [0.3, 0.4) is 0 Å². The van der Waals surface area contributed by atoms with Crippen LogP contribution >= 0.6 is 11.3 Å². The summed E-state index contributed by atoms with van der Waals surface area (Å²) in [6.45, 7) is 13.3. The van der Waals surface area contributed by atoms with E-state index in [0.717, 1.165) is 62.5 Å². The lowest BCUT2D eigenvalue weighted by Crippen LogP contribution is -2.51. The fraction of sp³-hybridized carbons (Fsp3) is 0.583. The molecular formula is C24H36N4O2S. The van der Waals surface area contributed by atoms with Crippen molar-refractivity contribution in [2.24, 2.45) is 0 Å². The number of Topliss-reactive ketones (excluding diaryl/α,β-unsaturated/α-hetero) is 1. The topological polar surface area (TPSA) is 57.6 Å². The predicted molar refractivity (Wildman–Crippen MR) is 127 cm³/mol. The number of hydrogen-bond acceptors (Lipinski definition) is 5. The third-order valence-electron chi connectivity index (χ3n) is 6.26. The summed E-state index contributed by atoms with van der Waals surface area (Å²) in [5, 5.41) is 5.13. The van der Waals surface area contributed by atoms with Crippen molar-refractivity contribution in [3.63, 3.8) is 0 Å². The fourth-order valence-corrected chi connectivity index (χ4v) is 4.82. The zero-order valence-electron chi connectivity index (χ0n) is 19.3. The molecule has 1 unspecified atom stereocenters. The zero-order valence-corrected chi connectivity index (χ0v) is 20.1. The summed E-state index contributed by atoms with van der Waals surface area (Å²) < 4.78 is 2.26. The number of ketones is 1. The third-order valence-corrected chi connectivity index (χ3v) is 7.19. The van der Waals surface area contributed by atoms with Gasteiger partial charge in [-0.15, -0.1) is 11.3 Å². The Labute approximate surface area is 190 Å². The van der Waals surface area contributed by atoms with E-state index in [1.807, 2.05) is 13.0 Å².